The molecule has 0 radical (unpaired) electrons. The standard InChI is InChI=1S/C11H12N2O/c1-7-5-10(14)13-11-8(6-12)3-2-4-9(7)11/h2-5H,6,12H2,1H3,(H,13,14). The average molecular weight is 188 g/mol. The number of fused-ring (bicyclic) bond motifs is 1. The van der Waals surface area contributed by atoms with Crippen molar-refractivity contribution < 1.29 is 0 Å². The van der Waals surface area contributed by atoms with Crippen LogP contribution in [-0.2, 0) is 6.54 Å². The van der Waals surface area contributed by atoms with Crippen LogP contribution < -0.4 is 11.3 Å². The molecule has 0 unspecified atom stereocenters. The van der Waals surface area contributed by atoms with Gasteiger partial charge in [0.25, 0.3) is 0 Å². The normalized spacial score (nSPS) is 10.7. The molecule has 0 atom stereocenters. The Morgan fingerprint density at radius 1 is 1.43 bits per heavy atom. The van der Waals surface area contributed by atoms with E-state index in [9.17, 15) is 4.79 Å². The molecule has 1 aromatic heterocycles. The van der Waals surface area contributed by atoms with Crippen LogP contribution in [0.3, 0.4) is 0 Å². The van der Waals surface area contributed by atoms with Gasteiger partial charge in [0, 0.05) is 18.0 Å². The van der Waals surface area contributed by atoms with Gasteiger partial charge in [-0.3, -0.25) is 4.79 Å². The number of aromatic amines is 1. The highest BCUT2D eigenvalue weighted by Gasteiger charge is 2.02. The summed E-state index contributed by atoms with van der Waals surface area (Å²) in [5.74, 6) is 0. The molecule has 0 aliphatic carbocycles. The summed E-state index contributed by atoms with van der Waals surface area (Å²) < 4.78 is 0. The van der Waals surface area contributed by atoms with Crippen LogP contribution in [0.2, 0.25) is 0 Å². The molecule has 0 amide bonds. The lowest BCUT2D eigenvalue weighted by atomic mass is 10.1. The van der Waals surface area contributed by atoms with Crippen LogP contribution in [-0.4, -0.2) is 4.98 Å². The van der Waals surface area contributed by atoms with Crippen LogP contribution in [0.4, 0.5) is 0 Å². The van der Waals surface area contributed by atoms with E-state index < -0.39 is 0 Å². The van der Waals surface area contributed by atoms with Gasteiger partial charge in [0.05, 0.1) is 5.52 Å². The van der Waals surface area contributed by atoms with Crippen molar-refractivity contribution in [2.24, 2.45) is 5.73 Å². The fourth-order valence-corrected chi connectivity index (χ4v) is 1.68. The Kier molecular flexibility index (Phi) is 2.09. The summed E-state index contributed by atoms with van der Waals surface area (Å²) >= 11 is 0. The lowest BCUT2D eigenvalue weighted by molar-refractivity contribution is 1.07. The highest BCUT2D eigenvalue weighted by atomic mass is 16.1. The number of H-pyrrole nitrogens is 1. The van der Waals surface area contributed by atoms with E-state index in [0.29, 0.717) is 6.54 Å². The van der Waals surface area contributed by atoms with E-state index in [-0.39, 0.29) is 5.56 Å². The predicted octanol–water partition coefficient (Wildman–Crippen LogP) is 1.30. The van der Waals surface area contributed by atoms with Gasteiger partial charge in [-0.1, -0.05) is 18.2 Å². The minimum absolute atomic E-state index is 0.0732. The Labute approximate surface area is 81.6 Å². The number of nitrogens with two attached hydrogens (primary N) is 1. The monoisotopic (exact) mass is 188 g/mol. The fourth-order valence-electron chi connectivity index (χ4n) is 1.68. The number of aryl methyl sites for hydroxylation is 1. The third-order valence-electron chi connectivity index (χ3n) is 2.39. The molecule has 0 bridgehead atoms. The summed E-state index contributed by atoms with van der Waals surface area (Å²) in [6, 6.07) is 7.47. The van der Waals surface area contributed by atoms with Crippen molar-refractivity contribution >= 4 is 10.9 Å². The Hall–Kier alpha value is -1.61. The summed E-state index contributed by atoms with van der Waals surface area (Å²) in [5, 5.41) is 1.06. The highest BCUT2D eigenvalue weighted by molar-refractivity contribution is 5.84. The van der Waals surface area contributed by atoms with Gasteiger partial charge in [-0.2, -0.15) is 0 Å². The first-order valence-corrected chi connectivity index (χ1v) is 4.54. The van der Waals surface area contributed by atoms with Crippen LogP contribution in [0, 0.1) is 6.92 Å². The van der Waals surface area contributed by atoms with Crippen molar-refractivity contribution in [3.8, 4) is 0 Å². The zero-order chi connectivity index (χ0) is 10.1. The molecule has 1 aromatic carbocycles. The number of pyridine rings is 1. The molecule has 0 aliphatic rings. The Balaban J connectivity index is 2.93. The molecule has 2 rings (SSSR count). The molecule has 3 heteroatoms. The SMILES string of the molecule is Cc1cc(=O)[nH]c2c(CN)cccc12. The number of para-hydroxylation sites is 1. The minimum atomic E-state index is -0.0732. The maximum absolute atomic E-state index is 11.3. The van der Waals surface area contributed by atoms with E-state index in [0.717, 1.165) is 22.0 Å². The van der Waals surface area contributed by atoms with Crippen LogP contribution in [0.5, 0.6) is 0 Å². The van der Waals surface area contributed by atoms with Gasteiger partial charge in [0.15, 0.2) is 0 Å². The van der Waals surface area contributed by atoms with Crippen LogP contribution in [0.15, 0.2) is 29.1 Å². The van der Waals surface area contributed by atoms with Crippen LogP contribution in [0.25, 0.3) is 10.9 Å². The van der Waals surface area contributed by atoms with Gasteiger partial charge in [-0.25, -0.2) is 0 Å². The van der Waals surface area contributed by atoms with Gasteiger partial charge in [-0.05, 0) is 18.1 Å². The Morgan fingerprint density at radius 2 is 2.21 bits per heavy atom. The van der Waals surface area contributed by atoms with Crippen LogP contribution in [0.1, 0.15) is 11.1 Å². The van der Waals surface area contributed by atoms with Crippen molar-refractivity contribution in [3.63, 3.8) is 0 Å². The lowest BCUT2D eigenvalue weighted by Crippen LogP contribution is -2.08. The molecule has 1 heterocycles. The second-order valence-corrected chi connectivity index (χ2v) is 3.36. The number of benzene rings is 1. The van der Waals surface area contributed by atoms with Gasteiger partial charge in [0.2, 0.25) is 5.56 Å². The van der Waals surface area contributed by atoms with E-state index in [1.807, 2.05) is 25.1 Å². The zero-order valence-electron chi connectivity index (χ0n) is 8.00. The number of rotatable bonds is 1. The lowest BCUT2D eigenvalue weighted by Gasteiger charge is -2.05. The second-order valence-electron chi connectivity index (χ2n) is 3.36. The molecule has 0 fully saturated rings. The molecule has 0 spiro atoms. The molecule has 0 saturated carbocycles. The summed E-state index contributed by atoms with van der Waals surface area (Å²) in [6.45, 7) is 2.37. The molecular formula is C11H12N2O. The molecule has 2 aromatic rings. The van der Waals surface area contributed by atoms with Crippen molar-refractivity contribution in [2.45, 2.75) is 13.5 Å². The molecule has 0 aliphatic heterocycles. The van der Waals surface area contributed by atoms with Gasteiger partial charge in [0.1, 0.15) is 0 Å². The van der Waals surface area contributed by atoms with E-state index in [1.165, 1.54) is 0 Å². The summed E-state index contributed by atoms with van der Waals surface area (Å²) in [6.07, 6.45) is 0. The third-order valence-corrected chi connectivity index (χ3v) is 2.39. The first-order chi connectivity index (χ1) is 6.72. The summed E-state index contributed by atoms with van der Waals surface area (Å²) in [5.41, 5.74) is 8.34. The summed E-state index contributed by atoms with van der Waals surface area (Å²) in [4.78, 5) is 14.1. The first kappa shape index (κ1) is 8.97. The van der Waals surface area contributed by atoms with Crippen LogP contribution >= 0.6 is 0 Å². The minimum Gasteiger partial charge on any atom is -0.326 e. The van der Waals surface area contributed by atoms with Crippen molar-refractivity contribution in [3.05, 3.63) is 45.7 Å². The molecule has 3 nitrogen and oxygen atoms in total. The molecule has 0 saturated heterocycles. The van der Waals surface area contributed by atoms with Gasteiger partial charge < -0.3 is 10.7 Å². The van der Waals surface area contributed by atoms with E-state index >= 15 is 0 Å². The molecule has 3 N–H and O–H groups in total. The van der Waals surface area contributed by atoms with E-state index in [2.05, 4.69) is 4.98 Å². The smallest absolute Gasteiger partial charge is 0.248 e. The fraction of sp³-hybridized carbons (Fsp3) is 0.182. The topological polar surface area (TPSA) is 58.9 Å². The zero-order valence-corrected chi connectivity index (χ0v) is 8.00. The first-order valence-electron chi connectivity index (χ1n) is 4.54. The number of aromatic nitrogens is 1. The summed E-state index contributed by atoms with van der Waals surface area (Å²) in [7, 11) is 0. The van der Waals surface area contributed by atoms with Gasteiger partial charge in [-0.15, -0.1) is 0 Å². The van der Waals surface area contributed by atoms with Gasteiger partial charge >= 0.3 is 0 Å². The second kappa shape index (κ2) is 3.27. The number of hydrogen-bond donors (Lipinski definition) is 2. The predicted molar refractivity (Wildman–Crippen MR) is 57.2 cm³/mol. The number of nitrogens with one attached hydrogen (secondary N) is 1. The largest absolute Gasteiger partial charge is 0.326 e. The van der Waals surface area contributed by atoms with Crippen molar-refractivity contribution in [1.82, 2.24) is 4.98 Å². The van der Waals surface area contributed by atoms with E-state index in [1.54, 1.807) is 6.07 Å². The maximum Gasteiger partial charge on any atom is 0.248 e. The molecule has 14 heavy (non-hydrogen) atoms. The Bertz CT molecular complexity index is 528. The Morgan fingerprint density at radius 3 is 2.93 bits per heavy atom. The maximum atomic E-state index is 11.3. The third kappa shape index (κ3) is 1.32. The molecule has 72 valence electrons. The van der Waals surface area contributed by atoms with Crippen molar-refractivity contribution in [2.75, 3.05) is 0 Å². The number of hydrogen-bond acceptors (Lipinski definition) is 2. The quantitative estimate of drug-likeness (QED) is 0.708. The molecular weight excluding hydrogens is 176 g/mol. The van der Waals surface area contributed by atoms with E-state index in [4.69, 9.17) is 5.73 Å². The van der Waals surface area contributed by atoms with Crippen molar-refractivity contribution in [1.29, 1.82) is 0 Å². The average Bonchev–Trinajstić information content (AvgIpc) is 2.17. The highest BCUT2D eigenvalue weighted by Crippen LogP contribution is 2.17.